The van der Waals surface area contributed by atoms with E-state index in [0.29, 0.717) is 16.5 Å². The summed E-state index contributed by atoms with van der Waals surface area (Å²) in [6.45, 7) is 0.184. The Morgan fingerprint density at radius 3 is 2.50 bits per heavy atom. The number of fused-ring (bicyclic) bond motifs is 5. The van der Waals surface area contributed by atoms with Crippen molar-refractivity contribution in [3.8, 4) is 5.75 Å². The summed E-state index contributed by atoms with van der Waals surface area (Å²) in [7, 11) is 1.35. The van der Waals surface area contributed by atoms with Crippen LogP contribution in [-0.4, -0.2) is 55.3 Å². The molecule has 2 aliphatic carbocycles. The van der Waals surface area contributed by atoms with E-state index in [1.807, 2.05) is 47.9 Å². The molecule has 7 nitrogen and oxygen atoms in total. The minimum atomic E-state index is -1.94. The smallest absolute Gasteiger partial charge is 0.253 e. The van der Waals surface area contributed by atoms with Gasteiger partial charge in [-0.1, -0.05) is 48.0 Å². The predicted octanol–water partition coefficient (Wildman–Crippen LogP) is 4.80. The molecule has 3 heterocycles. The van der Waals surface area contributed by atoms with Crippen molar-refractivity contribution in [1.82, 2.24) is 9.80 Å². The monoisotopic (exact) mass is 594 g/mol. The van der Waals surface area contributed by atoms with Gasteiger partial charge in [0.2, 0.25) is 11.8 Å². The van der Waals surface area contributed by atoms with Gasteiger partial charge < -0.3 is 5.11 Å². The second-order valence-corrected chi connectivity index (χ2v) is 13.3. The number of hydrogen-bond donors (Lipinski definition) is 1. The van der Waals surface area contributed by atoms with Gasteiger partial charge in [0, 0.05) is 23.4 Å². The van der Waals surface area contributed by atoms with Crippen LogP contribution in [0.1, 0.15) is 29.2 Å². The highest BCUT2D eigenvalue weighted by atomic mass is 35.5. The molecule has 0 spiro atoms. The highest BCUT2D eigenvalue weighted by Gasteiger charge is 2.76. The normalized spacial score (nSPS) is 33.3. The van der Waals surface area contributed by atoms with Gasteiger partial charge in [0.15, 0.2) is 9.75 Å². The predicted molar refractivity (Wildman–Crippen MR) is 151 cm³/mol. The molecule has 1 saturated carbocycles. The van der Waals surface area contributed by atoms with E-state index in [4.69, 9.17) is 23.2 Å². The first-order valence-electron chi connectivity index (χ1n) is 13.1. The second-order valence-electron chi connectivity index (χ2n) is 11.1. The Kier molecular flexibility index (Phi) is 5.57. The van der Waals surface area contributed by atoms with Crippen molar-refractivity contribution in [3.63, 3.8) is 0 Å². The molecule has 40 heavy (non-hydrogen) atoms. The van der Waals surface area contributed by atoms with Gasteiger partial charge in [0.05, 0.1) is 18.4 Å². The van der Waals surface area contributed by atoms with Crippen molar-refractivity contribution in [2.75, 3.05) is 7.05 Å². The fourth-order valence-electron chi connectivity index (χ4n) is 7.43. The number of rotatable bonds is 3. The minimum Gasteiger partial charge on any atom is -0.508 e. The molecule has 10 heteroatoms. The molecule has 4 amide bonds. The molecule has 2 aromatic carbocycles. The molecule has 6 unspecified atom stereocenters. The van der Waals surface area contributed by atoms with E-state index in [9.17, 15) is 24.3 Å². The lowest BCUT2D eigenvalue weighted by atomic mass is 9.56. The lowest BCUT2D eigenvalue weighted by Crippen LogP contribution is -2.60. The third kappa shape index (κ3) is 3.12. The fraction of sp³-hybridized carbons (Fsp3) is 0.333. The lowest BCUT2D eigenvalue weighted by Gasteiger charge is -2.51. The van der Waals surface area contributed by atoms with Crippen LogP contribution in [0.25, 0.3) is 10.8 Å². The van der Waals surface area contributed by atoms with Crippen LogP contribution in [0.3, 0.4) is 0 Å². The van der Waals surface area contributed by atoms with Crippen molar-refractivity contribution >= 4 is 68.9 Å². The van der Waals surface area contributed by atoms with Gasteiger partial charge in [0.25, 0.3) is 11.8 Å². The first kappa shape index (κ1) is 25.7. The van der Waals surface area contributed by atoms with Crippen LogP contribution in [0.2, 0.25) is 0 Å². The van der Waals surface area contributed by atoms with E-state index in [2.05, 4.69) is 0 Å². The van der Waals surface area contributed by atoms with Gasteiger partial charge in [-0.3, -0.25) is 29.0 Å². The summed E-state index contributed by atoms with van der Waals surface area (Å²) in [5.41, 5.74) is 1.05. The molecule has 4 aliphatic rings. The number of phenols is 1. The standard InChI is InChI=1S/C30H24Cl2N2O5S/c1-33-27(38)29(31)13-20-18(9-10-19-22(20)26(37)34(25(19)36)14-16-6-4-12-40-16)24(30(29,32)28(33)39)23-17-7-3-2-5-15(17)8-11-21(23)35/h2-9,11-12,19-20,22,24,35H,10,13-14H2,1H3. The Morgan fingerprint density at radius 1 is 0.975 bits per heavy atom. The van der Waals surface area contributed by atoms with Crippen LogP contribution < -0.4 is 0 Å². The van der Waals surface area contributed by atoms with E-state index in [1.54, 1.807) is 12.1 Å². The van der Waals surface area contributed by atoms with Crippen LogP contribution in [-0.2, 0) is 25.7 Å². The molecular formula is C30H24Cl2N2O5S. The van der Waals surface area contributed by atoms with Crippen LogP contribution in [0.4, 0.5) is 0 Å². The van der Waals surface area contributed by atoms with Gasteiger partial charge in [-0.05, 0) is 47.0 Å². The largest absolute Gasteiger partial charge is 0.508 e. The van der Waals surface area contributed by atoms with E-state index >= 15 is 0 Å². The number of likely N-dealkylation sites (tertiary alicyclic amines) is 2. The average molecular weight is 596 g/mol. The molecule has 0 bridgehead atoms. The number of carbonyl (C=O) groups is 4. The van der Waals surface area contributed by atoms with Crippen LogP contribution >= 0.6 is 34.5 Å². The number of halogens is 2. The molecule has 204 valence electrons. The number of imide groups is 2. The summed E-state index contributed by atoms with van der Waals surface area (Å²) in [5, 5.41) is 14.7. The third-order valence-corrected chi connectivity index (χ3v) is 11.5. The van der Waals surface area contributed by atoms with Crippen LogP contribution in [0.15, 0.2) is 65.6 Å². The number of phenolic OH excluding ortho intramolecular Hbond substituents is 1. The zero-order chi connectivity index (χ0) is 28.1. The molecule has 2 aliphatic heterocycles. The minimum absolute atomic E-state index is 0.0755. The number of benzene rings is 2. The van der Waals surface area contributed by atoms with Gasteiger partial charge in [0.1, 0.15) is 5.75 Å². The summed E-state index contributed by atoms with van der Waals surface area (Å²) < 4.78 is 0. The van der Waals surface area contributed by atoms with Crippen molar-refractivity contribution in [2.24, 2.45) is 17.8 Å². The van der Waals surface area contributed by atoms with Gasteiger partial charge in [-0.25, -0.2) is 0 Å². The Labute approximate surface area is 244 Å². The van der Waals surface area contributed by atoms with Crippen LogP contribution in [0, 0.1) is 17.8 Å². The summed E-state index contributed by atoms with van der Waals surface area (Å²) in [6.07, 6.45) is 2.09. The van der Waals surface area contributed by atoms with E-state index in [1.165, 1.54) is 23.3 Å². The fourth-order valence-corrected chi connectivity index (χ4v) is 9.12. The van der Waals surface area contributed by atoms with E-state index in [0.717, 1.165) is 15.2 Å². The number of allylic oxidation sites excluding steroid dienone is 2. The summed E-state index contributed by atoms with van der Waals surface area (Å²) in [4.78, 5) is 54.2. The second kappa shape index (κ2) is 8.65. The Balaban J connectivity index is 1.43. The SMILES string of the molecule is CN1C(=O)C2(Cl)CC3C(=CCC4C(=O)N(Cc5cccs5)C(=O)C43)C(c3c(O)ccc4ccccc34)C2(Cl)C1=O. The van der Waals surface area contributed by atoms with Crippen molar-refractivity contribution < 1.29 is 24.3 Å². The lowest BCUT2D eigenvalue weighted by molar-refractivity contribution is -0.141. The van der Waals surface area contributed by atoms with Crippen molar-refractivity contribution in [3.05, 3.63) is 76.0 Å². The first-order valence-corrected chi connectivity index (χ1v) is 14.7. The molecule has 1 aromatic heterocycles. The summed E-state index contributed by atoms with van der Waals surface area (Å²) >= 11 is 16.0. The van der Waals surface area contributed by atoms with E-state index < -0.39 is 45.2 Å². The maximum Gasteiger partial charge on any atom is 0.253 e. The number of amides is 4. The Hall–Kier alpha value is -3.20. The molecule has 7 rings (SSSR count). The summed E-state index contributed by atoms with van der Waals surface area (Å²) in [6, 6.07) is 14.5. The highest BCUT2D eigenvalue weighted by Crippen LogP contribution is 2.66. The van der Waals surface area contributed by atoms with Gasteiger partial charge in [-0.2, -0.15) is 0 Å². The molecule has 2 saturated heterocycles. The average Bonchev–Trinajstić information content (AvgIpc) is 3.58. The molecule has 6 atom stereocenters. The topological polar surface area (TPSA) is 95.0 Å². The molecule has 3 fully saturated rings. The number of hydrogen-bond acceptors (Lipinski definition) is 6. The van der Waals surface area contributed by atoms with Crippen molar-refractivity contribution in [2.45, 2.75) is 35.1 Å². The number of alkyl halides is 2. The maximum atomic E-state index is 13.9. The van der Waals surface area contributed by atoms with Crippen molar-refractivity contribution in [1.29, 1.82) is 0 Å². The third-order valence-electron chi connectivity index (χ3n) is 9.24. The zero-order valence-corrected chi connectivity index (χ0v) is 23.7. The highest BCUT2D eigenvalue weighted by molar-refractivity contribution is 7.09. The van der Waals surface area contributed by atoms with Crippen LogP contribution in [0.5, 0.6) is 5.75 Å². The molecular weight excluding hydrogens is 571 g/mol. The molecule has 3 aromatic rings. The number of carbonyl (C=O) groups excluding carboxylic acids is 4. The Bertz CT molecular complexity index is 1670. The quantitative estimate of drug-likeness (QED) is 0.267. The van der Waals surface area contributed by atoms with Gasteiger partial charge >= 0.3 is 0 Å². The zero-order valence-electron chi connectivity index (χ0n) is 21.3. The number of thiophene rings is 1. The maximum absolute atomic E-state index is 13.9. The number of nitrogens with zero attached hydrogens (tertiary/aromatic N) is 2. The first-order chi connectivity index (χ1) is 19.1. The van der Waals surface area contributed by atoms with E-state index in [-0.39, 0.29) is 37.0 Å². The number of aromatic hydroxyl groups is 1. The molecule has 0 radical (unpaired) electrons. The molecule has 1 N–H and O–H groups in total. The Morgan fingerprint density at radius 2 is 1.75 bits per heavy atom. The summed E-state index contributed by atoms with van der Waals surface area (Å²) in [5.74, 6) is -4.93. The van der Waals surface area contributed by atoms with Gasteiger partial charge in [-0.15, -0.1) is 34.5 Å².